The number of aliphatic carboxylic acids is 1. The van der Waals surface area contributed by atoms with E-state index >= 15 is 0 Å². The number of aliphatic imine (C=N–C) groups is 1. The molecule has 2 aromatic rings. The van der Waals surface area contributed by atoms with Crippen molar-refractivity contribution in [1.82, 2.24) is 15.2 Å². The highest BCUT2D eigenvalue weighted by molar-refractivity contribution is 6.31. The van der Waals surface area contributed by atoms with E-state index in [-0.39, 0.29) is 34.2 Å². The monoisotopic (exact) mass is 464 g/mol. The first kappa shape index (κ1) is 22.3. The minimum Gasteiger partial charge on any atom is -0.478 e. The Morgan fingerprint density at radius 3 is 2.56 bits per heavy atom. The number of nitrogens with zero attached hydrogens (tertiary/aromatic N) is 3. The number of likely N-dealkylation sites (tertiary alicyclic amines) is 1. The molecule has 2 aliphatic rings. The number of benzene rings is 1. The van der Waals surface area contributed by atoms with Crippen LogP contribution in [-0.4, -0.2) is 46.4 Å². The Labute approximate surface area is 187 Å². The number of carbonyl (C=O) groups is 1. The first-order valence-electron chi connectivity index (χ1n) is 10.1. The van der Waals surface area contributed by atoms with E-state index in [0.717, 1.165) is 50.7 Å². The summed E-state index contributed by atoms with van der Waals surface area (Å²) in [5, 5.41) is 12.9. The molecule has 168 valence electrons. The van der Waals surface area contributed by atoms with Crippen molar-refractivity contribution in [2.75, 3.05) is 19.6 Å². The van der Waals surface area contributed by atoms with Gasteiger partial charge in [0.1, 0.15) is 23.4 Å². The quantitative estimate of drug-likeness (QED) is 0.697. The molecule has 0 unspecified atom stereocenters. The van der Waals surface area contributed by atoms with E-state index in [2.05, 4.69) is 20.2 Å². The summed E-state index contributed by atoms with van der Waals surface area (Å²) in [4.78, 5) is 22.5. The van der Waals surface area contributed by atoms with Gasteiger partial charge in [0.25, 0.3) is 0 Å². The van der Waals surface area contributed by atoms with Crippen molar-refractivity contribution in [1.29, 1.82) is 0 Å². The minimum atomic E-state index is -1.23. The molecule has 1 fully saturated rings. The zero-order valence-electron chi connectivity index (χ0n) is 16.9. The highest BCUT2D eigenvalue weighted by Gasteiger charge is 2.34. The summed E-state index contributed by atoms with van der Waals surface area (Å²) in [5.41, 5.74) is 0.231. The van der Waals surface area contributed by atoms with Crippen LogP contribution in [0.2, 0.25) is 5.02 Å². The van der Waals surface area contributed by atoms with Crippen molar-refractivity contribution >= 4 is 23.4 Å². The summed E-state index contributed by atoms with van der Waals surface area (Å²) in [5.74, 6) is -3.67. The van der Waals surface area contributed by atoms with Gasteiger partial charge in [-0.05, 0) is 38.1 Å². The van der Waals surface area contributed by atoms with Crippen LogP contribution in [0.4, 0.5) is 13.2 Å². The predicted molar refractivity (Wildman–Crippen MR) is 113 cm³/mol. The average Bonchev–Trinajstić information content (AvgIpc) is 2.74. The molecule has 1 atom stereocenters. The number of pyridine rings is 1. The number of halogens is 4. The molecular formula is C22H20ClF3N4O2. The Bertz CT molecular complexity index is 1120. The third kappa shape index (κ3) is 4.63. The van der Waals surface area contributed by atoms with Gasteiger partial charge in [-0.3, -0.25) is 9.89 Å². The fraction of sp³-hybridized carbons (Fsp3) is 0.318. The fourth-order valence-corrected chi connectivity index (χ4v) is 4.24. The topological polar surface area (TPSA) is 77.8 Å². The molecule has 6 nitrogen and oxygen atoms in total. The molecule has 0 bridgehead atoms. The molecular weight excluding hydrogens is 445 g/mol. The number of nitrogens with one attached hydrogen (secondary N) is 1. The standard InChI is InChI=1S/C22H20ClF3N4O2/c23-15-8-12(24)4-5-14(15)19-18(22(31)32)17(11-30-6-2-1-3-7-30)28-21(29-19)20-16(26)9-13(25)10-27-20/h4-5,8-10,19H,1-3,6-7,11H2,(H,28,29)(H,31,32)/t19-/m0/s1. The lowest BCUT2D eigenvalue weighted by Gasteiger charge is -2.32. The Hall–Kier alpha value is -2.91. The lowest BCUT2D eigenvalue weighted by Crippen LogP contribution is -2.41. The Kier molecular flexibility index (Phi) is 6.48. The van der Waals surface area contributed by atoms with Crippen LogP contribution in [-0.2, 0) is 4.79 Å². The molecule has 2 aliphatic heterocycles. The first-order chi connectivity index (χ1) is 15.3. The van der Waals surface area contributed by atoms with Crippen LogP contribution in [0.3, 0.4) is 0 Å². The molecule has 1 saturated heterocycles. The highest BCUT2D eigenvalue weighted by atomic mass is 35.5. The zero-order valence-corrected chi connectivity index (χ0v) is 17.7. The van der Waals surface area contributed by atoms with E-state index < -0.39 is 29.5 Å². The van der Waals surface area contributed by atoms with Gasteiger partial charge in [0.05, 0.1) is 11.8 Å². The lowest BCUT2D eigenvalue weighted by atomic mass is 9.94. The van der Waals surface area contributed by atoms with Gasteiger partial charge in [-0.25, -0.2) is 22.9 Å². The van der Waals surface area contributed by atoms with Crippen molar-refractivity contribution < 1.29 is 23.1 Å². The molecule has 0 saturated carbocycles. The molecule has 0 aliphatic carbocycles. The van der Waals surface area contributed by atoms with E-state index in [1.807, 2.05) is 0 Å². The SMILES string of the molecule is O=C(O)C1=C(CN2CCCCC2)NC(c2ncc(F)cc2F)=N[C@H]1c1ccc(F)cc1Cl. The molecule has 1 aromatic carbocycles. The number of piperidine rings is 1. The van der Waals surface area contributed by atoms with Gasteiger partial charge in [0, 0.05) is 28.9 Å². The van der Waals surface area contributed by atoms with Gasteiger partial charge in [-0.1, -0.05) is 24.1 Å². The second-order valence-corrected chi connectivity index (χ2v) is 8.10. The van der Waals surface area contributed by atoms with Gasteiger partial charge < -0.3 is 10.4 Å². The lowest BCUT2D eigenvalue weighted by molar-refractivity contribution is -0.133. The Morgan fingerprint density at radius 1 is 1.16 bits per heavy atom. The van der Waals surface area contributed by atoms with Crippen molar-refractivity contribution in [2.24, 2.45) is 4.99 Å². The van der Waals surface area contributed by atoms with Crippen LogP contribution in [0.25, 0.3) is 0 Å². The highest BCUT2D eigenvalue weighted by Crippen LogP contribution is 2.36. The molecule has 0 spiro atoms. The number of aromatic nitrogens is 1. The summed E-state index contributed by atoms with van der Waals surface area (Å²) in [6, 6.07) is 3.11. The second kappa shape index (κ2) is 9.30. The van der Waals surface area contributed by atoms with E-state index in [0.29, 0.717) is 11.8 Å². The third-order valence-electron chi connectivity index (χ3n) is 5.48. The Morgan fingerprint density at radius 2 is 1.91 bits per heavy atom. The van der Waals surface area contributed by atoms with E-state index in [9.17, 15) is 23.1 Å². The molecule has 0 amide bonds. The molecule has 0 radical (unpaired) electrons. The van der Waals surface area contributed by atoms with E-state index in [1.54, 1.807) is 0 Å². The minimum absolute atomic E-state index is 0.0105. The van der Waals surface area contributed by atoms with Crippen LogP contribution < -0.4 is 5.32 Å². The second-order valence-electron chi connectivity index (χ2n) is 7.69. The van der Waals surface area contributed by atoms with Crippen LogP contribution in [0.15, 0.2) is 46.7 Å². The predicted octanol–water partition coefficient (Wildman–Crippen LogP) is 4.07. The molecule has 1 aromatic heterocycles. The van der Waals surface area contributed by atoms with Crippen molar-refractivity contribution in [2.45, 2.75) is 25.3 Å². The largest absolute Gasteiger partial charge is 0.478 e. The number of hydrogen-bond donors (Lipinski definition) is 2. The number of hydrogen-bond acceptors (Lipinski definition) is 5. The van der Waals surface area contributed by atoms with Crippen LogP contribution >= 0.6 is 11.6 Å². The molecule has 4 rings (SSSR count). The number of carboxylic acids is 1. The fourth-order valence-electron chi connectivity index (χ4n) is 3.97. The number of carboxylic acid groups (broad SMARTS) is 1. The van der Waals surface area contributed by atoms with Crippen LogP contribution in [0.5, 0.6) is 0 Å². The summed E-state index contributed by atoms with van der Waals surface area (Å²) < 4.78 is 41.5. The number of amidine groups is 1. The third-order valence-corrected chi connectivity index (χ3v) is 5.80. The van der Waals surface area contributed by atoms with Gasteiger partial charge in [0.15, 0.2) is 11.7 Å². The van der Waals surface area contributed by atoms with E-state index in [1.165, 1.54) is 6.07 Å². The van der Waals surface area contributed by atoms with Crippen LogP contribution in [0.1, 0.15) is 36.6 Å². The maximum atomic E-state index is 14.5. The summed E-state index contributed by atoms with van der Waals surface area (Å²) >= 11 is 6.22. The van der Waals surface area contributed by atoms with Crippen molar-refractivity contribution in [3.63, 3.8) is 0 Å². The van der Waals surface area contributed by atoms with Gasteiger partial charge >= 0.3 is 5.97 Å². The zero-order chi connectivity index (χ0) is 22.8. The molecule has 32 heavy (non-hydrogen) atoms. The summed E-state index contributed by atoms with van der Waals surface area (Å²) in [6.07, 6.45) is 3.92. The smallest absolute Gasteiger partial charge is 0.335 e. The molecule has 2 N–H and O–H groups in total. The van der Waals surface area contributed by atoms with Crippen molar-refractivity contribution in [3.8, 4) is 0 Å². The van der Waals surface area contributed by atoms with Gasteiger partial charge in [0.2, 0.25) is 0 Å². The Balaban J connectivity index is 1.83. The average molecular weight is 465 g/mol. The van der Waals surface area contributed by atoms with Crippen LogP contribution in [0, 0.1) is 17.5 Å². The van der Waals surface area contributed by atoms with Gasteiger partial charge in [-0.15, -0.1) is 0 Å². The summed E-state index contributed by atoms with van der Waals surface area (Å²) in [7, 11) is 0. The number of rotatable bonds is 5. The van der Waals surface area contributed by atoms with E-state index in [4.69, 9.17) is 11.6 Å². The summed E-state index contributed by atoms with van der Waals surface area (Å²) in [6.45, 7) is 1.84. The normalized spacial score (nSPS) is 19.5. The van der Waals surface area contributed by atoms with Crippen molar-refractivity contribution in [3.05, 3.63) is 75.5 Å². The molecule has 3 heterocycles. The maximum Gasteiger partial charge on any atom is 0.335 e. The first-order valence-corrected chi connectivity index (χ1v) is 10.5. The maximum absolute atomic E-state index is 14.5. The molecule has 10 heteroatoms. The van der Waals surface area contributed by atoms with Gasteiger partial charge in [-0.2, -0.15) is 0 Å².